The summed E-state index contributed by atoms with van der Waals surface area (Å²) in [6.07, 6.45) is -0.288. The minimum absolute atomic E-state index is 0.107. The summed E-state index contributed by atoms with van der Waals surface area (Å²) in [6, 6.07) is 9.24. The third-order valence-corrected chi connectivity index (χ3v) is 5.40. The van der Waals surface area contributed by atoms with E-state index in [9.17, 15) is 24.9 Å². The first-order valence-corrected chi connectivity index (χ1v) is 10.3. The predicted molar refractivity (Wildman–Crippen MR) is 113 cm³/mol. The van der Waals surface area contributed by atoms with Gasteiger partial charge in [0.15, 0.2) is 5.88 Å². The van der Waals surface area contributed by atoms with Crippen molar-refractivity contribution in [3.05, 3.63) is 42.0 Å². The van der Waals surface area contributed by atoms with Crippen LogP contribution in [0.25, 0.3) is 0 Å². The van der Waals surface area contributed by atoms with Gasteiger partial charge in [-0.2, -0.15) is 0 Å². The fourth-order valence-electron chi connectivity index (χ4n) is 2.74. The van der Waals surface area contributed by atoms with Gasteiger partial charge in [0.2, 0.25) is 11.8 Å². The quantitative estimate of drug-likeness (QED) is 0.141. The molecule has 0 aliphatic heterocycles. The molecule has 2 aromatic rings. The van der Waals surface area contributed by atoms with Gasteiger partial charge in [-0.15, -0.1) is 11.8 Å². The van der Waals surface area contributed by atoms with Gasteiger partial charge in [0, 0.05) is 18.4 Å². The Morgan fingerprint density at radius 2 is 1.87 bits per heavy atom. The Balaban J connectivity index is 1.92. The van der Waals surface area contributed by atoms with E-state index in [0.29, 0.717) is 17.9 Å². The van der Waals surface area contributed by atoms with E-state index in [1.807, 2.05) is 30.3 Å². The molecule has 0 bridgehead atoms. The first-order valence-electron chi connectivity index (χ1n) is 9.32. The van der Waals surface area contributed by atoms with Crippen LogP contribution in [0.4, 0.5) is 4.79 Å². The highest BCUT2D eigenvalue weighted by atomic mass is 32.2. The van der Waals surface area contributed by atoms with Crippen molar-refractivity contribution in [3.8, 4) is 11.8 Å². The zero-order valence-electron chi connectivity index (χ0n) is 16.3. The lowest BCUT2D eigenvalue weighted by atomic mass is 10.2. The smallest absolute Gasteiger partial charge is 0.312 e. The van der Waals surface area contributed by atoms with Crippen LogP contribution < -0.4 is 22.1 Å². The Hall–Kier alpha value is -2.89. The van der Waals surface area contributed by atoms with E-state index in [-0.39, 0.29) is 30.5 Å². The number of amides is 3. The van der Waals surface area contributed by atoms with Gasteiger partial charge in [-0.05, 0) is 18.4 Å². The van der Waals surface area contributed by atoms with Crippen LogP contribution in [0, 0.1) is 0 Å². The van der Waals surface area contributed by atoms with Crippen LogP contribution in [0.3, 0.4) is 0 Å². The number of benzene rings is 1. The number of thioether (sulfide) groups is 1. The molecular formula is C19H27N5O5S. The van der Waals surface area contributed by atoms with Gasteiger partial charge in [0.25, 0.3) is 0 Å². The fourth-order valence-corrected chi connectivity index (χ4v) is 3.77. The third kappa shape index (κ3) is 7.17. The summed E-state index contributed by atoms with van der Waals surface area (Å²) in [4.78, 5) is 22.7. The standard InChI is InChI=1S/C19H27N5O5S/c20-17(27)13(23-15(25)7-4-8-22-19(21)29)11-30-14-9-16(26)24(18(14)28)10-12-5-2-1-3-6-12/h1-3,5-6,9,13,15,23,25-26,28H,4,7-8,10-11H2,(H2,20,27)(H3,21,22,29). The maximum atomic E-state index is 11.7. The maximum Gasteiger partial charge on any atom is 0.312 e. The molecule has 0 fully saturated rings. The van der Waals surface area contributed by atoms with Crippen LogP contribution in [0.1, 0.15) is 18.4 Å². The van der Waals surface area contributed by atoms with Gasteiger partial charge in [0.1, 0.15) is 6.23 Å². The van der Waals surface area contributed by atoms with E-state index in [2.05, 4.69) is 10.6 Å². The van der Waals surface area contributed by atoms with Gasteiger partial charge in [-0.3, -0.25) is 14.7 Å². The number of hydrogen-bond acceptors (Lipinski definition) is 7. The maximum absolute atomic E-state index is 11.7. The molecule has 2 unspecified atom stereocenters. The lowest BCUT2D eigenvalue weighted by molar-refractivity contribution is -0.120. The van der Waals surface area contributed by atoms with E-state index in [1.165, 1.54) is 10.6 Å². The number of nitrogens with zero attached hydrogens (tertiary/aromatic N) is 1. The fraction of sp³-hybridized carbons (Fsp3) is 0.368. The summed E-state index contributed by atoms with van der Waals surface area (Å²) in [6.45, 7) is 0.584. The number of rotatable bonds is 12. The lowest BCUT2D eigenvalue weighted by Crippen LogP contribution is -2.48. The molecule has 2 atom stereocenters. The molecule has 1 aromatic carbocycles. The summed E-state index contributed by atoms with van der Waals surface area (Å²) >= 11 is 1.12. The normalized spacial score (nSPS) is 13.0. The van der Waals surface area contributed by atoms with Crippen LogP contribution in [-0.4, -0.2) is 56.4 Å². The number of nitrogens with one attached hydrogen (secondary N) is 2. The highest BCUT2D eigenvalue weighted by molar-refractivity contribution is 7.99. The number of aromatic nitrogens is 1. The van der Waals surface area contributed by atoms with Gasteiger partial charge in [-0.25, -0.2) is 4.79 Å². The number of urea groups is 1. The summed E-state index contributed by atoms with van der Waals surface area (Å²) in [5, 5.41) is 35.8. The van der Waals surface area contributed by atoms with Crippen molar-refractivity contribution < 1.29 is 24.9 Å². The van der Waals surface area contributed by atoms with Crippen LogP contribution in [-0.2, 0) is 11.3 Å². The molecular weight excluding hydrogens is 410 g/mol. The van der Waals surface area contributed by atoms with E-state index in [0.717, 1.165) is 17.3 Å². The SMILES string of the molecule is NC(=O)NCCCC(O)NC(CSc1cc(O)n(Cc2ccccc2)c1O)C(N)=O. The molecule has 2 rings (SSSR count). The van der Waals surface area contributed by atoms with Crippen molar-refractivity contribution in [2.75, 3.05) is 12.3 Å². The van der Waals surface area contributed by atoms with Crippen molar-refractivity contribution >= 4 is 23.7 Å². The van der Waals surface area contributed by atoms with Crippen molar-refractivity contribution in [1.29, 1.82) is 0 Å². The third-order valence-electron chi connectivity index (χ3n) is 4.29. The predicted octanol–water partition coefficient (Wildman–Crippen LogP) is 0.250. The molecule has 10 nitrogen and oxygen atoms in total. The number of nitrogens with two attached hydrogens (primary N) is 2. The molecule has 0 saturated carbocycles. The highest BCUT2D eigenvalue weighted by Crippen LogP contribution is 2.36. The average molecular weight is 438 g/mol. The summed E-state index contributed by atoms with van der Waals surface area (Å²) in [7, 11) is 0. The minimum Gasteiger partial charge on any atom is -0.494 e. The van der Waals surface area contributed by atoms with Crippen molar-refractivity contribution in [3.63, 3.8) is 0 Å². The van der Waals surface area contributed by atoms with Crippen LogP contribution in [0.15, 0.2) is 41.3 Å². The zero-order valence-corrected chi connectivity index (χ0v) is 17.1. The Bertz CT molecular complexity index is 845. The Labute approximate surface area is 178 Å². The molecule has 0 spiro atoms. The first-order chi connectivity index (χ1) is 14.3. The second-order valence-corrected chi connectivity index (χ2v) is 7.71. The van der Waals surface area contributed by atoms with Crippen LogP contribution in [0.2, 0.25) is 0 Å². The minimum atomic E-state index is -1.01. The van der Waals surface area contributed by atoms with Gasteiger partial charge in [-0.1, -0.05) is 30.3 Å². The summed E-state index contributed by atoms with van der Waals surface area (Å²) in [5.41, 5.74) is 11.3. The monoisotopic (exact) mass is 437 g/mol. The number of carbonyl (C=O) groups excluding carboxylic acids is 2. The number of carbonyl (C=O) groups is 2. The number of hydrogen-bond donors (Lipinski definition) is 7. The Morgan fingerprint density at radius 1 is 1.17 bits per heavy atom. The number of aromatic hydroxyl groups is 2. The second kappa shape index (κ2) is 11.3. The average Bonchev–Trinajstić information content (AvgIpc) is 2.96. The molecule has 3 amide bonds. The molecule has 1 aromatic heterocycles. The highest BCUT2D eigenvalue weighted by Gasteiger charge is 2.21. The molecule has 0 aliphatic carbocycles. The van der Waals surface area contributed by atoms with Gasteiger partial charge < -0.3 is 32.1 Å². The van der Waals surface area contributed by atoms with Gasteiger partial charge in [0.05, 0.1) is 17.5 Å². The molecule has 1 heterocycles. The number of aliphatic hydroxyl groups excluding tert-OH is 1. The van der Waals surface area contributed by atoms with Gasteiger partial charge >= 0.3 is 6.03 Å². The van der Waals surface area contributed by atoms with Crippen molar-refractivity contribution in [1.82, 2.24) is 15.2 Å². The zero-order chi connectivity index (χ0) is 22.1. The first kappa shape index (κ1) is 23.4. The van der Waals surface area contributed by atoms with Crippen LogP contribution >= 0.6 is 11.8 Å². The molecule has 164 valence electrons. The second-order valence-electron chi connectivity index (χ2n) is 6.64. The lowest BCUT2D eigenvalue weighted by Gasteiger charge is -2.19. The van der Waals surface area contributed by atoms with E-state index in [4.69, 9.17) is 11.5 Å². The molecule has 0 aliphatic rings. The summed E-state index contributed by atoms with van der Waals surface area (Å²) in [5.74, 6) is -0.759. The van der Waals surface area contributed by atoms with Crippen molar-refractivity contribution in [2.45, 2.75) is 36.6 Å². The Morgan fingerprint density at radius 3 is 2.50 bits per heavy atom. The molecule has 0 saturated heterocycles. The van der Waals surface area contributed by atoms with E-state index < -0.39 is 24.2 Å². The molecule has 9 N–H and O–H groups in total. The topological polar surface area (TPSA) is 176 Å². The summed E-state index contributed by atoms with van der Waals surface area (Å²) < 4.78 is 1.35. The molecule has 11 heteroatoms. The molecule has 0 radical (unpaired) electrons. The molecule has 30 heavy (non-hydrogen) atoms. The number of primary amides is 2. The number of aliphatic hydroxyl groups is 1. The van der Waals surface area contributed by atoms with E-state index in [1.54, 1.807) is 0 Å². The van der Waals surface area contributed by atoms with Crippen LogP contribution in [0.5, 0.6) is 11.8 Å². The Kier molecular flexibility index (Phi) is 8.84. The van der Waals surface area contributed by atoms with Crippen molar-refractivity contribution in [2.24, 2.45) is 11.5 Å². The largest absolute Gasteiger partial charge is 0.494 e. The van der Waals surface area contributed by atoms with E-state index >= 15 is 0 Å².